The van der Waals surface area contributed by atoms with E-state index in [0.29, 0.717) is 43.4 Å². The van der Waals surface area contributed by atoms with Crippen molar-refractivity contribution in [1.82, 2.24) is 4.72 Å². The first-order valence-electron chi connectivity index (χ1n) is 8.52. The molecule has 9 heteroatoms. The van der Waals surface area contributed by atoms with Gasteiger partial charge in [-0.25, -0.2) is 8.60 Å². The molecule has 1 fully saturated rings. The number of anilines is 1. The summed E-state index contributed by atoms with van der Waals surface area (Å²) < 4.78 is 35.8. The molecule has 0 saturated carbocycles. The first kappa shape index (κ1) is 19.1. The van der Waals surface area contributed by atoms with Gasteiger partial charge in [-0.1, -0.05) is 0 Å². The van der Waals surface area contributed by atoms with Crippen LogP contribution in [0, 0.1) is 5.82 Å². The summed E-state index contributed by atoms with van der Waals surface area (Å²) in [5, 5.41) is 20.0. The van der Waals surface area contributed by atoms with Crippen molar-refractivity contribution in [3.8, 4) is 5.75 Å². The molecule has 1 heterocycles. The number of hydrogen-bond acceptors (Lipinski definition) is 5. The minimum Gasteiger partial charge on any atom is -0.506 e. The number of phenols is 1. The molecule has 3 rings (SSSR count). The van der Waals surface area contributed by atoms with Crippen LogP contribution in [0.4, 0.5) is 10.1 Å². The summed E-state index contributed by atoms with van der Waals surface area (Å²) >= 11 is -1.90. The van der Waals surface area contributed by atoms with E-state index in [0.717, 1.165) is 4.31 Å². The van der Waals surface area contributed by atoms with Crippen molar-refractivity contribution in [3.05, 3.63) is 23.0 Å². The zero-order valence-electron chi connectivity index (χ0n) is 14.7. The normalized spacial score (nSPS) is 23.1. The quantitative estimate of drug-likeness (QED) is 0.703. The fourth-order valence-corrected chi connectivity index (χ4v) is 4.16. The van der Waals surface area contributed by atoms with Gasteiger partial charge in [-0.05, 0) is 56.7 Å². The van der Waals surface area contributed by atoms with Gasteiger partial charge in [-0.15, -0.1) is 0 Å². The van der Waals surface area contributed by atoms with Crippen LogP contribution in [0.1, 0.15) is 37.8 Å². The molecule has 7 nitrogen and oxygen atoms in total. The molecular weight excluding hydrogens is 363 g/mol. The fourth-order valence-electron chi connectivity index (χ4n) is 3.21. The van der Waals surface area contributed by atoms with Gasteiger partial charge in [-0.3, -0.25) is 13.8 Å². The van der Waals surface area contributed by atoms with Gasteiger partial charge in [0, 0.05) is 6.61 Å². The van der Waals surface area contributed by atoms with Crippen LogP contribution in [0.25, 0.3) is 0 Å². The van der Waals surface area contributed by atoms with Gasteiger partial charge >= 0.3 is 0 Å². The molecule has 2 aliphatic rings. The third-order valence-corrected chi connectivity index (χ3v) is 5.70. The number of halogens is 1. The van der Waals surface area contributed by atoms with E-state index in [4.69, 9.17) is 4.74 Å². The Labute approximate surface area is 153 Å². The number of rotatable bonds is 5. The van der Waals surface area contributed by atoms with Crippen molar-refractivity contribution in [1.29, 1.82) is 0 Å². The number of benzene rings is 1. The second kappa shape index (κ2) is 7.13. The van der Waals surface area contributed by atoms with E-state index >= 15 is 0 Å². The van der Waals surface area contributed by atoms with E-state index < -0.39 is 28.5 Å². The van der Waals surface area contributed by atoms with Crippen molar-refractivity contribution >= 4 is 22.8 Å². The summed E-state index contributed by atoms with van der Waals surface area (Å²) in [6.07, 6.45) is 1.87. The molecule has 0 aromatic heterocycles. The van der Waals surface area contributed by atoms with Crippen LogP contribution in [0.2, 0.25) is 0 Å². The highest BCUT2D eigenvalue weighted by molar-refractivity contribution is 7.85. The summed E-state index contributed by atoms with van der Waals surface area (Å²) in [5.41, 5.74) is 0.0914. The van der Waals surface area contributed by atoms with E-state index in [9.17, 15) is 23.6 Å². The molecule has 144 valence electrons. The highest BCUT2D eigenvalue weighted by atomic mass is 32.2. The van der Waals surface area contributed by atoms with Crippen LogP contribution >= 0.6 is 0 Å². The molecule has 0 radical (unpaired) electrons. The lowest BCUT2D eigenvalue weighted by molar-refractivity contribution is -0.117. The third kappa shape index (κ3) is 3.99. The molecule has 2 atom stereocenters. The maximum absolute atomic E-state index is 15.0. The van der Waals surface area contributed by atoms with Gasteiger partial charge < -0.3 is 14.9 Å². The lowest BCUT2D eigenvalue weighted by atomic mass is 9.88. The highest BCUT2D eigenvalue weighted by Gasteiger charge is 2.34. The standard InChI is InChI=1S/C17H23FN2O5S/c1-17(2,23)5-6-25-11-3-4-12-10(7-11)8-13(21)16(15(12)18)20-9-14(22)19-26(20)24/h8,11,21,23H,3-7,9H2,1-2H3,(H,19,22). The van der Waals surface area contributed by atoms with Crippen LogP contribution in [0.3, 0.4) is 0 Å². The largest absolute Gasteiger partial charge is 0.506 e. The lowest BCUT2D eigenvalue weighted by Gasteiger charge is -2.28. The van der Waals surface area contributed by atoms with Gasteiger partial charge in [0.2, 0.25) is 11.2 Å². The van der Waals surface area contributed by atoms with Crippen molar-refractivity contribution in [2.24, 2.45) is 0 Å². The van der Waals surface area contributed by atoms with Crippen molar-refractivity contribution < 1.29 is 28.3 Å². The van der Waals surface area contributed by atoms with Gasteiger partial charge in [-0.2, -0.15) is 0 Å². The molecule has 1 aromatic rings. The first-order chi connectivity index (χ1) is 12.2. The smallest absolute Gasteiger partial charge is 0.253 e. The van der Waals surface area contributed by atoms with Crippen LogP contribution in [-0.4, -0.2) is 45.2 Å². The molecule has 3 N–H and O–H groups in total. The topological polar surface area (TPSA) is 99.1 Å². The third-order valence-electron chi connectivity index (χ3n) is 4.58. The Hall–Kier alpha value is -1.71. The number of fused-ring (bicyclic) bond motifs is 1. The number of nitrogens with one attached hydrogen (secondary N) is 1. The number of phenolic OH excluding ortho intramolecular Hbond substituents is 1. The minimum atomic E-state index is -1.90. The van der Waals surface area contributed by atoms with Crippen molar-refractivity contribution in [2.75, 3.05) is 17.5 Å². The van der Waals surface area contributed by atoms with Crippen LogP contribution in [0.15, 0.2) is 6.07 Å². The number of carbonyl (C=O) groups excluding carboxylic acids is 1. The Morgan fingerprint density at radius 3 is 2.85 bits per heavy atom. The van der Waals surface area contributed by atoms with E-state index in [-0.39, 0.29) is 24.1 Å². The average Bonchev–Trinajstić information content (AvgIpc) is 2.84. The number of carbonyl (C=O) groups is 1. The van der Waals surface area contributed by atoms with Crippen LogP contribution < -0.4 is 9.03 Å². The minimum absolute atomic E-state index is 0.112. The summed E-state index contributed by atoms with van der Waals surface area (Å²) in [6.45, 7) is 3.56. The SMILES string of the molecule is CC(C)(O)CCOC1CCc2c(cc(O)c(N3CC(=O)NS3=O)c2F)C1. The molecule has 1 saturated heterocycles. The summed E-state index contributed by atoms with van der Waals surface area (Å²) in [6, 6.07) is 1.46. The predicted molar refractivity (Wildman–Crippen MR) is 94.4 cm³/mol. The number of nitrogens with zero attached hydrogens (tertiary/aromatic N) is 1. The molecule has 1 amide bonds. The Kier molecular flexibility index (Phi) is 5.23. The number of aromatic hydroxyl groups is 1. The Balaban J connectivity index is 1.77. The Morgan fingerprint density at radius 2 is 2.23 bits per heavy atom. The summed E-state index contributed by atoms with van der Waals surface area (Å²) in [4.78, 5) is 11.4. The van der Waals surface area contributed by atoms with Gasteiger partial charge in [0.15, 0.2) is 5.82 Å². The number of amides is 1. The Bertz CT molecular complexity index is 750. The number of aliphatic hydroxyl groups is 1. The van der Waals surface area contributed by atoms with E-state index in [1.807, 2.05) is 0 Å². The highest BCUT2D eigenvalue weighted by Crippen LogP contribution is 2.39. The number of ether oxygens (including phenoxy) is 1. The maximum Gasteiger partial charge on any atom is 0.253 e. The van der Waals surface area contributed by atoms with E-state index in [2.05, 4.69) is 4.72 Å². The summed E-state index contributed by atoms with van der Waals surface area (Å²) in [7, 11) is 0. The monoisotopic (exact) mass is 386 g/mol. The van der Waals surface area contributed by atoms with Crippen LogP contribution in [-0.2, 0) is 33.5 Å². The molecule has 1 aliphatic heterocycles. The molecule has 1 aliphatic carbocycles. The Morgan fingerprint density at radius 1 is 1.50 bits per heavy atom. The van der Waals surface area contributed by atoms with E-state index in [1.54, 1.807) is 13.8 Å². The van der Waals surface area contributed by atoms with Crippen LogP contribution in [0.5, 0.6) is 5.75 Å². The first-order valence-corrected chi connectivity index (χ1v) is 9.62. The second-order valence-corrected chi connectivity index (χ2v) is 8.45. The van der Waals surface area contributed by atoms with Gasteiger partial charge in [0.05, 0.1) is 11.7 Å². The van der Waals surface area contributed by atoms with E-state index in [1.165, 1.54) is 6.07 Å². The fraction of sp³-hybridized carbons (Fsp3) is 0.588. The molecule has 1 aromatic carbocycles. The van der Waals surface area contributed by atoms with Gasteiger partial charge in [0.25, 0.3) is 5.91 Å². The predicted octanol–water partition coefficient (Wildman–Crippen LogP) is 1.08. The van der Waals surface area contributed by atoms with Gasteiger partial charge in [0.1, 0.15) is 18.0 Å². The van der Waals surface area contributed by atoms with Crippen molar-refractivity contribution in [2.45, 2.75) is 51.2 Å². The number of hydrogen-bond donors (Lipinski definition) is 3. The molecule has 0 bridgehead atoms. The zero-order chi connectivity index (χ0) is 19.1. The lowest BCUT2D eigenvalue weighted by Crippen LogP contribution is -2.28. The molecule has 2 unspecified atom stereocenters. The molecular formula is C17H23FN2O5S. The molecule has 0 spiro atoms. The molecule has 26 heavy (non-hydrogen) atoms. The summed E-state index contributed by atoms with van der Waals surface area (Å²) in [5.74, 6) is -1.47. The van der Waals surface area contributed by atoms with Crippen molar-refractivity contribution in [3.63, 3.8) is 0 Å². The maximum atomic E-state index is 15.0. The second-order valence-electron chi connectivity index (χ2n) is 7.31. The average molecular weight is 386 g/mol. The zero-order valence-corrected chi connectivity index (χ0v) is 15.6.